The average Bonchev–Trinajstić information content (AvgIpc) is 2.78. The molecule has 4 nitrogen and oxygen atoms in total. The first kappa shape index (κ1) is 18.6. The number of aromatic nitrogens is 1. The summed E-state index contributed by atoms with van der Waals surface area (Å²) < 4.78 is 7.28. The van der Waals surface area contributed by atoms with Gasteiger partial charge < -0.3 is 9.33 Å². The molecular formula is C17H27BrN2O2Si. The van der Waals surface area contributed by atoms with Crippen molar-refractivity contribution in [2.24, 2.45) is 0 Å². The number of carbonyl (C=O) groups excluding carboxylic acids is 1. The molecule has 128 valence electrons. The van der Waals surface area contributed by atoms with E-state index in [1.807, 2.05) is 17.2 Å². The van der Waals surface area contributed by atoms with E-state index in [0.29, 0.717) is 13.0 Å². The Labute approximate surface area is 150 Å². The van der Waals surface area contributed by atoms with Crippen molar-refractivity contribution in [2.75, 3.05) is 0 Å². The van der Waals surface area contributed by atoms with E-state index in [9.17, 15) is 4.79 Å². The minimum absolute atomic E-state index is 0.129. The third kappa shape index (κ3) is 5.13. The first-order valence-corrected chi connectivity index (χ1v) is 10.2. The molecule has 1 aliphatic heterocycles. The molecule has 0 unspecified atom stereocenters. The van der Waals surface area contributed by atoms with Gasteiger partial charge in [-0.25, -0.2) is 0 Å². The molecular weight excluding hydrogens is 372 g/mol. The molecule has 1 amide bonds. The maximum absolute atomic E-state index is 12.4. The molecule has 1 saturated heterocycles. The first-order valence-electron chi connectivity index (χ1n) is 8.11. The van der Waals surface area contributed by atoms with Crippen LogP contribution in [0.1, 0.15) is 53.0 Å². The van der Waals surface area contributed by atoms with Crippen LogP contribution in [0.4, 0.5) is 0 Å². The van der Waals surface area contributed by atoms with Crippen molar-refractivity contribution in [2.45, 2.75) is 70.7 Å². The zero-order chi connectivity index (χ0) is 17.3. The standard InChI is InChI=1S/C17H27BrN2O2Si/c1-16(2,3)23-22-17(4,5)14-6-7-15(21)20(14)11-12-8-13(18)10-19-9-12/h8-10,14H,6-7,11,23H2,1-5H3/t14-/m0/s1. The second-order valence-electron chi connectivity index (χ2n) is 8.04. The highest BCUT2D eigenvalue weighted by Gasteiger charge is 2.42. The Bertz CT molecular complexity index is 572. The van der Waals surface area contributed by atoms with Crippen LogP contribution in [0.2, 0.25) is 5.04 Å². The summed E-state index contributed by atoms with van der Waals surface area (Å²) in [5.41, 5.74) is 0.744. The van der Waals surface area contributed by atoms with Gasteiger partial charge in [0.15, 0.2) is 9.76 Å². The molecule has 0 bridgehead atoms. The van der Waals surface area contributed by atoms with Gasteiger partial charge in [-0.2, -0.15) is 0 Å². The van der Waals surface area contributed by atoms with Crippen molar-refractivity contribution < 1.29 is 9.22 Å². The molecule has 1 aliphatic rings. The number of pyridine rings is 1. The zero-order valence-corrected chi connectivity index (χ0v) is 17.7. The fourth-order valence-corrected chi connectivity index (χ4v) is 4.30. The highest BCUT2D eigenvalue weighted by molar-refractivity contribution is 9.10. The summed E-state index contributed by atoms with van der Waals surface area (Å²) in [4.78, 5) is 18.5. The molecule has 0 radical (unpaired) electrons. The lowest BCUT2D eigenvalue weighted by atomic mass is 9.96. The molecule has 0 spiro atoms. The van der Waals surface area contributed by atoms with Gasteiger partial charge in [0.1, 0.15) is 0 Å². The minimum atomic E-state index is -0.662. The lowest BCUT2D eigenvalue weighted by Crippen LogP contribution is -2.49. The number of carbonyl (C=O) groups is 1. The van der Waals surface area contributed by atoms with E-state index in [1.54, 1.807) is 6.20 Å². The van der Waals surface area contributed by atoms with Gasteiger partial charge in [-0.3, -0.25) is 9.78 Å². The third-order valence-corrected chi connectivity index (χ3v) is 6.31. The Balaban J connectivity index is 2.12. The molecule has 6 heteroatoms. The van der Waals surface area contributed by atoms with E-state index in [1.165, 1.54) is 0 Å². The smallest absolute Gasteiger partial charge is 0.223 e. The van der Waals surface area contributed by atoms with E-state index in [0.717, 1.165) is 16.5 Å². The van der Waals surface area contributed by atoms with Crippen LogP contribution in [0.3, 0.4) is 0 Å². The number of rotatable bonds is 5. The average molecular weight is 399 g/mol. The van der Waals surface area contributed by atoms with E-state index in [4.69, 9.17) is 4.43 Å². The van der Waals surface area contributed by atoms with Gasteiger partial charge in [0.2, 0.25) is 5.91 Å². The molecule has 23 heavy (non-hydrogen) atoms. The Morgan fingerprint density at radius 1 is 1.35 bits per heavy atom. The summed E-state index contributed by atoms with van der Waals surface area (Å²) in [5, 5.41) is 0.249. The van der Waals surface area contributed by atoms with Gasteiger partial charge in [-0.05, 0) is 52.9 Å². The number of halogens is 1. The van der Waals surface area contributed by atoms with Crippen molar-refractivity contribution in [3.63, 3.8) is 0 Å². The predicted molar refractivity (Wildman–Crippen MR) is 98.9 cm³/mol. The Morgan fingerprint density at radius 2 is 2.04 bits per heavy atom. The zero-order valence-electron chi connectivity index (χ0n) is 14.7. The Kier molecular flexibility index (Phi) is 5.69. The summed E-state index contributed by atoms with van der Waals surface area (Å²) >= 11 is 3.44. The number of nitrogens with zero attached hydrogens (tertiary/aromatic N) is 2. The highest BCUT2D eigenvalue weighted by atomic mass is 79.9. The molecule has 1 aromatic heterocycles. The van der Waals surface area contributed by atoms with Crippen LogP contribution in [-0.2, 0) is 15.8 Å². The van der Waals surface area contributed by atoms with Crippen molar-refractivity contribution in [1.29, 1.82) is 0 Å². The minimum Gasteiger partial charge on any atom is -0.416 e. The second kappa shape index (κ2) is 7.03. The number of amides is 1. The van der Waals surface area contributed by atoms with Gasteiger partial charge in [0.05, 0.1) is 11.6 Å². The van der Waals surface area contributed by atoms with Gasteiger partial charge in [-0.15, -0.1) is 0 Å². The van der Waals surface area contributed by atoms with E-state index >= 15 is 0 Å². The number of hydrogen-bond donors (Lipinski definition) is 0. The maximum Gasteiger partial charge on any atom is 0.223 e. The van der Waals surface area contributed by atoms with E-state index in [2.05, 4.69) is 55.5 Å². The summed E-state index contributed by atoms with van der Waals surface area (Å²) in [5.74, 6) is 0.212. The fourth-order valence-electron chi connectivity index (χ4n) is 2.89. The molecule has 1 fully saturated rings. The fraction of sp³-hybridized carbons (Fsp3) is 0.647. The Hall–Kier alpha value is -0.723. The van der Waals surface area contributed by atoms with Crippen molar-refractivity contribution in [3.8, 4) is 0 Å². The monoisotopic (exact) mass is 398 g/mol. The first-order chi connectivity index (χ1) is 10.6. The summed E-state index contributed by atoms with van der Waals surface area (Å²) in [6, 6.07) is 2.15. The molecule has 1 atom stereocenters. The lowest BCUT2D eigenvalue weighted by Gasteiger charge is -2.39. The van der Waals surface area contributed by atoms with Gasteiger partial charge >= 0.3 is 0 Å². The summed E-state index contributed by atoms with van der Waals surface area (Å²) in [6.45, 7) is 11.5. The van der Waals surface area contributed by atoms with Crippen LogP contribution >= 0.6 is 15.9 Å². The number of likely N-dealkylation sites (tertiary alicyclic amines) is 1. The highest BCUT2D eigenvalue weighted by Crippen LogP contribution is 2.33. The molecule has 2 rings (SSSR count). The summed E-state index contributed by atoms with van der Waals surface area (Å²) in [7, 11) is -0.662. The second-order valence-corrected chi connectivity index (χ2v) is 11.7. The van der Waals surface area contributed by atoms with Crippen molar-refractivity contribution in [3.05, 3.63) is 28.5 Å². The van der Waals surface area contributed by atoms with Crippen LogP contribution in [0.25, 0.3) is 0 Å². The normalized spacial score (nSPS) is 20.0. The van der Waals surface area contributed by atoms with Crippen LogP contribution < -0.4 is 0 Å². The predicted octanol–water partition coefficient (Wildman–Crippen LogP) is 3.43. The Morgan fingerprint density at radius 3 is 2.65 bits per heavy atom. The van der Waals surface area contributed by atoms with Gasteiger partial charge in [-0.1, -0.05) is 20.8 Å². The molecule has 1 aromatic rings. The van der Waals surface area contributed by atoms with Crippen molar-refractivity contribution >= 4 is 31.6 Å². The largest absolute Gasteiger partial charge is 0.416 e. The summed E-state index contributed by atoms with van der Waals surface area (Å²) in [6.07, 6.45) is 5.06. The van der Waals surface area contributed by atoms with Crippen molar-refractivity contribution in [1.82, 2.24) is 9.88 Å². The molecule has 0 aromatic carbocycles. The van der Waals surface area contributed by atoms with Crippen LogP contribution in [0, 0.1) is 0 Å². The topological polar surface area (TPSA) is 42.4 Å². The van der Waals surface area contributed by atoms with Crippen LogP contribution in [0.5, 0.6) is 0 Å². The van der Waals surface area contributed by atoms with Gasteiger partial charge in [0, 0.05) is 29.8 Å². The van der Waals surface area contributed by atoms with Crippen LogP contribution in [0.15, 0.2) is 22.9 Å². The quantitative estimate of drug-likeness (QED) is 0.713. The SMILES string of the molecule is CC(C)(C)[SiH2]OC(C)(C)[C@@H]1CCC(=O)N1Cc1cncc(Br)c1. The molecule has 2 heterocycles. The maximum atomic E-state index is 12.4. The molecule has 0 N–H and O–H groups in total. The van der Waals surface area contributed by atoms with Gasteiger partial charge in [0.25, 0.3) is 0 Å². The molecule has 0 saturated carbocycles. The van der Waals surface area contributed by atoms with E-state index in [-0.39, 0.29) is 22.6 Å². The van der Waals surface area contributed by atoms with Crippen LogP contribution in [-0.4, -0.2) is 37.2 Å². The lowest BCUT2D eigenvalue weighted by molar-refractivity contribution is -0.132. The van der Waals surface area contributed by atoms with E-state index < -0.39 is 9.76 Å². The third-order valence-electron chi connectivity index (χ3n) is 4.12. The number of hydrogen-bond acceptors (Lipinski definition) is 3. The molecule has 0 aliphatic carbocycles.